The van der Waals surface area contributed by atoms with Crippen LogP contribution in [0.5, 0.6) is 0 Å². The molecule has 1 heterocycles. The third-order valence-electron chi connectivity index (χ3n) is 2.10. The summed E-state index contributed by atoms with van der Waals surface area (Å²) in [4.78, 5) is 6.65. The zero-order chi connectivity index (χ0) is 9.90. The van der Waals surface area contributed by atoms with E-state index >= 15 is 0 Å². The Labute approximate surface area is 81.3 Å². The highest BCUT2D eigenvalue weighted by Gasteiger charge is 2.12. The Morgan fingerprint density at radius 1 is 1.38 bits per heavy atom. The minimum absolute atomic E-state index is 0.0255. The van der Waals surface area contributed by atoms with Crippen molar-refractivity contribution in [3.63, 3.8) is 0 Å². The van der Waals surface area contributed by atoms with Gasteiger partial charge in [0.15, 0.2) is 0 Å². The van der Waals surface area contributed by atoms with E-state index in [0.29, 0.717) is 0 Å². The van der Waals surface area contributed by atoms with Gasteiger partial charge in [-0.1, -0.05) is 6.58 Å². The van der Waals surface area contributed by atoms with Gasteiger partial charge in [-0.15, -0.1) is 0 Å². The van der Waals surface area contributed by atoms with E-state index in [-0.39, 0.29) is 5.54 Å². The maximum absolute atomic E-state index is 4.47. The van der Waals surface area contributed by atoms with E-state index in [1.165, 1.54) is 18.5 Å². The SMILES string of the molecule is C=C1CCCCN1/C=N\C(C)(C)C. The van der Waals surface area contributed by atoms with Gasteiger partial charge in [0, 0.05) is 12.2 Å². The van der Waals surface area contributed by atoms with Crippen LogP contribution >= 0.6 is 0 Å². The quantitative estimate of drug-likeness (QED) is 0.447. The summed E-state index contributed by atoms with van der Waals surface area (Å²) in [6.45, 7) is 11.4. The molecule has 13 heavy (non-hydrogen) atoms. The van der Waals surface area contributed by atoms with Gasteiger partial charge in [-0.3, -0.25) is 4.99 Å². The van der Waals surface area contributed by atoms with E-state index in [1.54, 1.807) is 0 Å². The smallest absolute Gasteiger partial charge is 0.0898 e. The summed E-state index contributed by atoms with van der Waals surface area (Å²) in [7, 11) is 0. The first-order chi connectivity index (χ1) is 5.99. The second-order valence-electron chi connectivity index (χ2n) is 4.63. The van der Waals surface area contributed by atoms with Crippen LogP contribution in [0.1, 0.15) is 40.0 Å². The molecule has 2 nitrogen and oxygen atoms in total. The molecule has 1 aliphatic rings. The van der Waals surface area contributed by atoms with Crippen LogP contribution in [0, 0.1) is 0 Å². The number of allylic oxidation sites excluding steroid dienone is 1. The molecule has 0 saturated carbocycles. The summed E-state index contributed by atoms with van der Waals surface area (Å²) in [6.07, 6.45) is 5.60. The van der Waals surface area contributed by atoms with Crippen molar-refractivity contribution < 1.29 is 0 Å². The topological polar surface area (TPSA) is 15.6 Å². The van der Waals surface area contributed by atoms with Crippen LogP contribution in [0.2, 0.25) is 0 Å². The molecule has 0 atom stereocenters. The molecular weight excluding hydrogens is 160 g/mol. The van der Waals surface area contributed by atoms with Gasteiger partial charge in [0.1, 0.15) is 0 Å². The van der Waals surface area contributed by atoms with Crippen molar-refractivity contribution in [2.45, 2.75) is 45.6 Å². The van der Waals surface area contributed by atoms with Crippen molar-refractivity contribution in [3.8, 4) is 0 Å². The number of rotatable bonds is 1. The molecule has 0 aromatic heterocycles. The average molecular weight is 180 g/mol. The summed E-state index contributed by atoms with van der Waals surface area (Å²) in [6, 6.07) is 0. The van der Waals surface area contributed by atoms with Crippen molar-refractivity contribution in [2.24, 2.45) is 4.99 Å². The van der Waals surface area contributed by atoms with Crippen molar-refractivity contribution in [1.82, 2.24) is 4.90 Å². The molecule has 0 unspecified atom stereocenters. The molecule has 1 saturated heterocycles. The zero-order valence-electron chi connectivity index (χ0n) is 9.01. The molecular formula is C11H20N2. The Morgan fingerprint density at radius 3 is 2.62 bits per heavy atom. The highest BCUT2D eigenvalue weighted by molar-refractivity contribution is 5.58. The third kappa shape index (κ3) is 3.62. The molecule has 0 amide bonds. The molecule has 0 N–H and O–H groups in total. The summed E-state index contributed by atoms with van der Waals surface area (Å²) in [5.74, 6) is 0. The third-order valence-corrected chi connectivity index (χ3v) is 2.10. The minimum Gasteiger partial charge on any atom is -0.337 e. The van der Waals surface area contributed by atoms with Crippen LogP contribution < -0.4 is 0 Å². The van der Waals surface area contributed by atoms with Crippen molar-refractivity contribution in [1.29, 1.82) is 0 Å². The number of likely N-dealkylation sites (tertiary alicyclic amines) is 1. The van der Waals surface area contributed by atoms with Crippen LogP contribution in [0.3, 0.4) is 0 Å². The second kappa shape index (κ2) is 3.95. The first-order valence-corrected chi connectivity index (χ1v) is 4.99. The fraction of sp³-hybridized carbons (Fsp3) is 0.727. The predicted molar refractivity (Wildman–Crippen MR) is 57.9 cm³/mol. The standard InChI is InChI=1S/C11H20N2/c1-10-7-5-6-8-13(10)9-12-11(2,3)4/h9H,1,5-8H2,2-4H3/b12-9-. The van der Waals surface area contributed by atoms with E-state index in [0.717, 1.165) is 13.0 Å². The molecule has 0 spiro atoms. The highest BCUT2D eigenvalue weighted by Crippen LogP contribution is 2.17. The Morgan fingerprint density at radius 2 is 2.08 bits per heavy atom. The monoisotopic (exact) mass is 180 g/mol. The van der Waals surface area contributed by atoms with Gasteiger partial charge >= 0.3 is 0 Å². The lowest BCUT2D eigenvalue weighted by Gasteiger charge is -2.27. The molecule has 0 aromatic carbocycles. The van der Waals surface area contributed by atoms with Crippen LogP contribution in [0.15, 0.2) is 17.3 Å². The molecule has 2 heteroatoms. The summed E-state index contributed by atoms with van der Waals surface area (Å²) in [5, 5.41) is 0. The molecule has 74 valence electrons. The van der Waals surface area contributed by atoms with E-state index < -0.39 is 0 Å². The van der Waals surface area contributed by atoms with Gasteiger partial charge in [-0.2, -0.15) is 0 Å². The van der Waals surface area contributed by atoms with Crippen molar-refractivity contribution in [2.75, 3.05) is 6.54 Å². The largest absolute Gasteiger partial charge is 0.337 e. The Balaban J connectivity index is 2.52. The highest BCUT2D eigenvalue weighted by atomic mass is 15.2. The summed E-state index contributed by atoms with van der Waals surface area (Å²) < 4.78 is 0. The predicted octanol–water partition coefficient (Wildman–Crippen LogP) is 2.81. The number of hydrogen-bond acceptors (Lipinski definition) is 1. The van der Waals surface area contributed by atoms with Gasteiger partial charge < -0.3 is 4.90 Å². The van der Waals surface area contributed by atoms with Crippen LogP contribution in [0.25, 0.3) is 0 Å². The van der Waals surface area contributed by atoms with Crippen molar-refractivity contribution in [3.05, 3.63) is 12.3 Å². The van der Waals surface area contributed by atoms with Crippen LogP contribution in [-0.4, -0.2) is 23.3 Å². The van der Waals surface area contributed by atoms with Gasteiger partial charge in [-0.05, 0) is 40.0 Å². The lowest BCUT2D eigenvalue weighted by Crippen LogP contribution is -2.27. The van der Waals surface area contributed by atoms with Crippen molar-refractivity contribution >= 4 is 6.34 Å². The fourth-order valence-corrected chi connectivity index (χ4v) is 1.30. The lowest BCUT2D eigenvalue weighted by atomic mass is 10.1. The lowest BCUT2D eigenvalue weighted by molar-refractivity contribution is 0.419. The normalized spacial score (nSPS) is 19.9. The Hall–Kier alpha value is -0.790. The van der Waals surface area contributed by atoms with Gasteiger partial charge in [0.2, 0.25) is 0 Å². The molecule has 0 bridgehead atoms. The molecule has 1 fully saturated rings. The maximum Gasteiger partial charge on any atom is 0.0898 e. The van der Waals surface area contributed by atoms with Gasteiger partial charge in [0.05, 0.1) is 11.9 Å². The number of hydrogen-bond donors (Lipinski definition) is 0. The average Bonchev–Trinajstić information content (AvgIpc) is 2.01. The number of aliphatic imine (C=N–C) groups is 1. The minimum atomic E-state index is 0.0255. The summed E-state index contributed by atoms with van der Waals surface area (Å²) >= 11 is 0. The van der Waals surface area contributed by atoms with Crippen LogP contribution in [0.4, 0.5) is 0 Å². The van der Waals surface area contributed by atoms with E-state index in [9.17, 15) is 0 Å². The number of piperidine rings is 1. The Kier molecular flexibility index (Phi) is 3.12. The molecule has 1 rings (SSSR count). The van der Waals surface area contributed by atoms with E-state index in [2.05, 4.69) is 37.2 Å². The molecule has 1 aliphatic heterocycles. The van der Waals surface area contributed by atoms with E-state index in [1.807, 2.05) is 6.34 Å². The Bertz CT molecular complexity index is 211. The molecule has 0 radical (unpaired) electrons. The molecule has 0 aliphatic carbocycles. The first-order valence-electron chi connectivity index (χ1n) is 4.99. The zero-order valence-corrected chi connectivity index (χ0v) is 9.01. The van der Waals surface area contributed by atoms with Gasteiger partial charge in [0.25, 0.3) is 0 Å². The van der Waals surface area contributed by atoms with Gasteiger partial charge in [-0.25, -0.2) is 0 Å². The second-order valence-corrected chi connectivity index (χ2v) is 4.63. The summed E-state index contributed by atoms with van der Waals surface area (Å²) in [5.41, 5.74) is 1.23. The first kappa shape index (κ1) is 10.3. The maximum atomic E-state index is 4.47. The van der Waals surface area contributed by atoms with Crippen LogP contribution in [-0.2, 0) is 0 Å². The van der Waals surface area contributed by atoms with E-state index in [4.69, 9.17) is 0 Å². The molecule has 0 aromatic rings. The number of nitrogens with zero attached hydrogens (tertiary/aromatic N) is 2. The fourth-order valence-electron chi connectivity index (χ4n) is 1.30.